The summed E-state index contributed by atoms with van der Waals surface area (Å²) in [5.41, 5.74) is 1.25. The number of ether oxygens (including phenoxy) is 1. The van der Waals surface area contributed by atoms with Crippen molar-refractivity contribution < 1.29 is 14.3 Å². The van der Waals surface area contributed by atoms with Gasteiger partial charge in [-0.1, -0.05) is 26.0 Å². The molecule has 1 heterocycles. The van der Waals surface area contributed by atoms with Gasteiger partial charge in [0.15, 0.2) is 5.96 Å². The summed E-state index contributed by atoms with van der Waals surface area (Å²) in [6, 6.07) is 12.0. The molecule has 0 aliphatic heterocycles. The van der Waals surface area contributed by atoms with Gasteiger partial charge in [0, 0.05) is 32.7 Å². The van der Waals surface area contributed by atoms with Crippen molar-refractivity contribution in [2.45, 2.75) is 39.5 Å². The molecule has 2 rings (SSSR count). The molecule has 0 saturated heterocycles. The zero-order valence-electron chi connectivity index (χ0n) is 18.6. The van der Waals surface area contributed by atoms with E-state index in [-0.39, 0.29) is 6.61 Å². The summed E-state index contributed by atoms with van der Waals surface area (Å²) < 4.78 is 10.6. The highest BCUT2D eigenvalue weighted by molar-refractivity contribution is 5.79. The first-order chi connectivity index (χ1) is 14.6. The highest BCUT2D eigenvalue weighted by Gasteiger charge is 2.11. The van der Waals surface area contributed by atoms with E-state index < -0.39 is 0 Å². The molecule has 0 radical (unpaired) electrons. The summed E-state index contributed by atoms with van der Waals surface area (Å²) >= 11 is 0. The third-order valence-electron chi connectivity index (χ3n) is 4.96. The van der Waals surface area contributed by atoms with Crippen molar-refractivity contribution in [3.63, 3.8) is 0 Å². The number of nitrogens with zero attached hydrogens (tertiary/aromatic N) is 1. The summed E-state index contributed by atoms with van der Waals surface area (Å²) in [6.07, 6.45) is 5.25. The summed E-state index contributed by atoms with van der Waals surface area (Å²) in [4.78, 5) is 4.81. The van der Waals surface area contributed by atoms with Gasteiger partial charge in [0.1, 0.15) is 11.5 Å². The third-order valence-corrected chi connectivity index (χ3v) is 4.96. The fourth-order valence-electron chi connectivity index (χ4n) is 3.40. The average molecular weight is 416 g/mol. The van der Waals surface area contributed by atoms with Gasteiger partial charge in [-0.15, -0.1) is 0 Å². The molecule has 1 unspecified atom stereocenters. The Morgan fingerprint density at radius 1 is 1.10 bits per heavy atom. The number of aliphatic imine (C=N–C) groups is 1. The predicted octanol–water partition coefficient (Wildman–Crippen LogP) is 3.65. The minimum absolute atomic E-state index is 0.207. The average Bonchev–Trinajstić information content (AvgIpc) is 3.25. The van der Waals surface area contributed by atoms with Crippen LogP contribution in [0.25, 0.3) is 0 Å². The van der Waals surface area contributed by atoms with Crippen molar-refractivity contribution in [2.75, 3.05) is 33.4 Å². The van der Waals surface area contributed by atoms with Crippen LogP contribution in [-0.4, -0.2) is 44.4 Å². The zero-order chi connectivity index (χ0) is 21.6. The molecule has 0 spiro atoms. The summed E-state index contributed by atoms with van der Waals surface area (Å²) in [7, 11) is 1.68. The number of aliphatic hydroxyl groups excluding tert-OH is 1. The number of guanidine groups is 1. The smallest absolute Gasteiger partial charge is 0.191 e. The number of nitrogens with one attached hydrogen (secondary N) is 2. The van der Waals surface area contributed by atoms with Crippen LogP contribution in [-0.2, 0) is 12.8 Å². The van der Waals surface area contributed by atoms with E-state index >= 15 is 0 Å². The second-order valence-electron chi connectivity index (χ2n) is 7.98. The molecule has 1 aromatic carbocycles. The standard InChI is InChI=1S/C24H37N3O3/c1-19(2)17-21(12-15-28)18-27-24(26-14-11-23-5-4-16-30-23)25-13-10-20-6-8-22(29-3)9-7-20/h4-9,16,19,21,28H,10-15,17-18H2,1-3H3,(H2,25,26,27). The molecule has 0 amide bonds. The normalized spacial score (nSPS) is 12.8. The van der Waals surface area contributed by atoms with Crippen LogP contribution in [0.4, 0.5) is 0 Å². The number of aliphatic hydroxyl groups is 1. The van der Waals surface area contributed by atoms with Crippen LogP contribution >= 0.6 is 0 Å². The van der Waals surface area contributed by atoms with E-state index in [2.05, 4.69) is 36.6 Å². The molecule has 6 nitrogen and oxygen atoms in total. The van der Waals surface area contributed by atoms with Crippen LogP contribution in [0.3, 0.4) is 0 Å². The zero-order valence-corrected chi connectivity index (χ0v) is 18.6. The molecule has 1 aromatic heterocycles. The maximum atomic E-state index is 9.37. The summed E-state index contributed by atoms with van der Waals surface area (Å²) in [6.45, 7) is 6.87. The highest BCUT2D eigenvalue weighted by atomic mass is 16.5. The van der Waals surface area contributed by atoms with Gasteiger partial charge in [-0.05, 0) is 60.9 Å². The van der Waals surface area contributed by atoms with Crippen molar-refractivity contribution in [1.29, 1.82) is 0 Å². The number of hydrogen-bond acceptors (Lipinski definition) is 4. The van der Waals surface area contributed by atoms with E-state index in [0.29, 0.717) is 18.4 Å². The van der Waals surface area contributed by atoms with E-state index in [1.165, 1.54) is 5.56 Å². The monoisotopic (exact) mass is 415 g/mol. The van der Waals surface area contributed by atoms with E-state index in [1.54, 1.807) is 13.4 Å². The second-order valence-corrected chi connectivity index (χ2v) is 7.98. The molecule has 166 valence electrons. The fourth-order valence-corrected chi connectivity index (χ4v) is 3.40. The quantitative estimate of drug-likeness (QED) is 0.344. The molecule has 2 aromatic rings. The molecule has 30 heavy (non-hydrogen) atoms. The van der Waals surface area contributed by atoms with Crippen molar-refractivity contribution in [1.82, 2.24) is 10.6 Å². The van der Waals surface area contributed by atoms with Crippen LogP contribution in [0.1, 0.15) is 38.0 Å². The minimum atomic E-state index is 0.207. The SMILES string of the molecule is COc1ccc(CCNC(=NCC(CCO)CC(C)C)NCCc2ccco2)cc1. The topological polar surface area (TPSA) is 79.0 Å². The fraction of sp³-hybridized carbons (Fsp3) is 0.542. The van der Waals surface area contributed by atoms with Gasteiger partial charge >= 0.3 is 0 Å². The van der Waals surface area contributed by atoms with Crippen LogP contribution < -0.4 is 15.4 Å². The number of furan rings is 1. The Labute approximate surface area is 180 Å². The molecule has 3 N–H and O–H groups in total. The highest BCUT2D eigenvalue weighted by Crippen LogP contribution is 2.15. The van der Waals surface area contributed by atoms with Crippen molar-refractivity contribution in [3.05, 3.63) is 54.0 Å². The first-order valence-electron chi connectivity index (χ1n) is 10.9. The first kappa shape index (κ1) is 23.8. The molecular weight excluding hydrogens is 378 g/mol. The number of rotatable bonds is 13. The van der Waals surface area contributed by atoms with Crippen LogP contribution in [0.15, 0.2) is 52.1 Å². The van der Waals surface area contributed by atoms with Gasteiger partial charge in [-0.3, -0.25) is 4.99 Å². The van der Waals surface area contributed by atoms with Crippen LogP contribution in [0.2, 0.25) is 0 Å². The molecule has 0 fully saturated rings. The third kappa shape index (κ3) is 9.35. The van der Waals surface area contributed by atoms with Gasteiger partial charge in [-0.2, -0.15) is 0 Å². The van der Waals surface area contributed by atoms with E-state index in [4.69, 9.17) is 14.1 Å². The van der Waals surface area contributed by atoms with Gasteiger partial charge in [-0.25, -0.2) is 0 Å². The van der Waals surface area contributed by atoms with Crippen molar-refractivity contribution in [2.24, 2.45) is 16.8 Å². The molecule has 0 aliphatic carbocycles. The van der Waals surface area contributed by atoms with Crippen molar-refractivity contribution >= 4 is 5.96 Å². The number of benzene rings is 1. The van der Waals surface area contributed by atoms with E-state index in [0.717, 1.165) is 56.2 Å². The lowest BCUT2D eigenvalue weighted by Crippen LogP contribution is -2.39. The molecule has 1 atom stereocenters. The van der Waals surface area contributed by atoms with Gasteiger partial charge in [0.05, 0.1) is 13.4 Å². The Morgan fingerprint density at radius 3 is 2.43 bits per heavy atom. The Bertz CT molecular complexity index is 712. The first-order valence-corrected chi connectivity index (χ1v) is 10.9. The molecule has 0 saturated carbocycles. The number of methoxy groups -OCH3 is 1. The Morgan fingerprint density at radius 2 is 1.83 bits per heavy atom. The number of hydrogen-bond donors (Lipinski definition) is 3. The van der Waals surface area contributed by atoms with Crippen LogP contribution in [0, 0.1) is 11.8 Å². The maximum Gasteiger partial charge on any atom is 0.191 e. The molecule has 0 aliphatic rings. The van der Waals surface area contributed by atoms with E-state index in [1.807, 2.05) is 24.3 Å². The lowest BCUT2D eigenvalue weighted by molar-refractivity contribution is 0.245. The lowest BCUT2D eigenvalue weighted by atomic mass is 9.94. The van der Waals surface area contributed by atoms with Gasteiger partial charge in [0.2, 0.25) is 0 Å². The molecule has 6 heteroatoms. The minimum Gasteiger partial charge on any atom is -0.497 e. The molecular formula is C24H37N3O3. The van der Waals surface area contributed by atoms with Gasteiger partial charge in [0.25, 0.3) is 0 Å². The molecule has 0 bridgehead atoms. The van der Waals surface area contributed by atoms with Gasteiger partial charge < -0.3 is 24.9 Å². The summed E-state index contributed by atoms with van der Waals surface area (Å²) in [5.74, 6) is 3.61. The Kier molecular flexibility index (Phi) is 10.9. The lowest BCUT2D eigenvalue weighted by Gasteiger charge is -2.18. The van der Waals surface area contributed by atoms with Crippen molar-refractivity contribution in [3.8, 4) is 5.75 Å². The summed E-state index contributed by atoms with van der Waals surface area (Å²) in [5, 5.41) is 16.2. The van der Waals surface area contributed by atoms with E-state index in [9.17, 15) is 5.11 Å². The maximum absolute atomic E-state index is 9.37. The predicted molar refractivity (Wildman–Crippen MR) is 122 cm³/mol. The Balaban J connectivity index is 1.90. The van der Waals surface area contributed by atoms with Crippen LogP contribution in [0.5, 0.6) is 5.75 Å². The largest absolute Gasteiger partial charge is 0.497 e. The Hall–Kier alpha value is -2.47. The second kappa shape index (κ2) is 13.7.